The van der Waals surface area contributed by atoms with Gasteiger partial charge in [-0.1, -0.05) is 13.3 Å². The number of amides is 2. The molecule has 0 bridgehead atoms. The molecule has 0 aromatic carbocycles. The smallest absolute Gasteiger partial charge is 0.237 e. The number of hydrogen-bond donors (Lipinski definition) is 2. The molecule has 0 aliphatic carbocycles. The minimum Gasteiger partial charge on any atom is -0.378 e. The van der Waals surface area contributed by atoms with Crippen molar-refractivity contribution in [2.24, 2.45) is 0 Å². The van der Waals surface area contributed by atoms with E-state index >= 15 is 0 Å². The van der Waals surface area contributed by atoms with Crippen molar-refractivity contribution in [2.45, 2.75) is 52.1 Å². The first-order chi connectivity index (χ1) is 10.0. The summed E-state index contributed by atoms with van der Waals surface area (Å²) in [6, 6.07) is -0.0801. The molecule has 0 aromatic heterocycles. The van der Waals surface area contributed by atoms with Crippen LogP contribution in [0.1, 0.15) is 40.0 Å². The van der Waals surface area contributed by atoms with E-state index in [1.165, 1.54) is 0 Å². The van der Waals surface area contributed by atoms with Gasteiger partial charge in [0.05, 0.1) is 19.3 Å². The van der Waals surface area contributed by atoms with Crippen molar-refractivity contribution in [2.75, 3.05) is 32.8 Å². The fourth-order valence-electron chi connectivity index (χ4n) is 2.33. The minimum atomic E-state index is -0.276. The minimum absolute atomic E-state index is 0.00484. The summed E-state index contributed by atoms with van der Waals surface area (Å²) in [5, 5.41) is 6.08. The van der Waals surface area contributed by atoms with E-state index in [9.17, 15) is 9.59 Å². The van der Waals surface area contributed by atoms with E-state index in [-0.39, 0.29) is 23.9 Å². The molecule has 1 saturated heterocycles. The van der Waals surface area contributed by atoms with Gasteiger partial charge in [-0.2, -0.15) is 0 Å². The molecule has 6 nitrogen and oxygen atoms in total. The van der Waals surface area contributed by atoms with Crippen LogP contribution in [0.4, 0.5) is 0 Å². The van der Waals surface area contributed by atoms with Crippen molar-refractivity contribution >= 4 is 11.8 Å². The van der Waals surface area contributed by atoms with Gasteiger partial charge >= 0.3 is 0 Å². The molecule has 1 aliphatic heterocycles. The first-order valence-corrected chi connectivity index (χ1v) is 7.93. The highest BCUT2D eigenvalue weighted by atomic mass is 16.5. The fraction of sp³-hybridized carbons (Fsp3) is 0.867. The number of nitrogens with zero attached hydrogens (tertiary/aromatic N) is 1. The molecule has 0 saturated carbocycles. The third-order valence-corrected chi connectivity index (χ3v) is 3.66. The van der Waals surface area contributed by atoms with Crippen LogP contribution in [0.2, 0.25) is 0 Å². The maximum atomic E-state index is 11.9. The van der Waals surface area contributed by atoms with E-state index in [4.69, 9.17) is 4.74 Å². The molecule has 21 heavy (non-hydrogen) atoms. The van der Waals surface area contributed by atoms with Crippen LogP contribution in [-0.2, 0) is 14.3 Å². The number of hydrogen-bond acceptors (Lipinski definition) is 4. The Morgan fingerprint density at radius 3 is 2.52 bits per heavy atom. The van der Waals surface area contributed by atoms with E-state index in [1.54, 1.807) is 0 Å². The Hall–Kier alpha value is -1.14. The molecule has 1 rings (SSSR count). The molecule has 1 aliphatic rings. The molecule has 1 fully saturated rings. The molecule has 6 heteroatoms. The van der Waals surface area contributed by atoms with Gasteiger partial charge in [0.25, 0.3) is 0 Å². The molecule has 122 valence electrons. The Morgan fingerprint density at radius 2 is 1.90 bits per heavy atom. The van der Waals surface area contributed by atoms with Gasteiger partial charge < -0.3 is 20.3 Å². The van der Waals surface area contributed by atoms with E-state index < -0.39 is 0 Å². The molecule has 2 unspecified atom stereocenters. The molecule has 2 atom stereocenters. The van der Waals surface area contributed by atoms with Crippen molar-refractivity contribution in [3.05, 3.63) is 0 Å². The summed E-state index contributed by atoms with van der Waals surface area (Å²) < 4.78 is 5.22. The molecule has 2 N–H and O–H groups in total. The van der Waals surface area contributed by atoms with Crippen molar-refractivity contribution < 1.29 is 14.3 Å². The summed E-state index contributed by atoms with van der Waals surface area (Å²) in [5.74, 6) is 0.118. The second-order valence-corrected chi connectivity index (χ2v) is 5.62. The summed E-state index contributed by atoms with van der Waals surface area (Å²) >= 11 is 0. The molecular weight excluding hydrogens is 270 g/mol. The van der Waals surface area contributed by atoms with Crippen LogP contribution in [0.3, 0.4) is 0 Å². The average molecular weight is 299 g/mol. The van der Waals surface area contributed by atoms with Crippen molar-refractivity contribution in [3.63, 3.8) is 0 Å². The standard InChI is InChI=1S/C15H29N3O3/c1-4-5-12(2)17-15(20)13(3)16-7-6-14(19)18-8-10-21-11-9-18/h12-13,16H,4-11H2,1-3H3,(H,17,20). The van der Waals surface area contributed by atoms with Gasteiger partial charge in [-0.25, -0.2) is 0 Å². The van der Waals surface area contributed by atoms with Gasteiger partial charge in [0, 0.05) is 32.1 Å². The Labute approximate surface area is 127 Å². The van der Waals surface area contributed by atoms with E-state index in [2.05, 4.69) is 17.6 Å². The van der Waals surface area contributed by atoms with Gasteiger partial charge in [-0.15, -0.1) is 0 Å². The summed E-state index contributed by atoms with van der Waals surface area (Å²) in [4.78, 5) is 25.7. The maximum Gasteiger partial charge on any atom is 0.237 e. The van der Waals surface area contributed by atoms with Gasteiger partial charge in [-0.05, 0) is 20.3 Å². The second kappa shape index (κ2) is 9.73. The molecule has 1 heterocycles. The average Bonchev–Trinajstić information content (AvgIpc) is 2.48. The van der Waals surface area contributed by atoms with Crippen LogP contribution in [0.25, 0.3) is 0 Å². The maximum absolute atomic E-state index is 11.9. The largest absolute Gasteiger partial charge is 0.378 e. The normalized spacial score (nSPS) is 18.1. The lowest BCUT2D eigenvalue weighted by atomic mass is 10.2. The highest BCUT2D eigenvalue weighted by molar-refractivity contribution is 5.81. The summed E-state index contributed by atoms with van der Waals surface area (Å²) in [6.07, 6.45) is 2.45. The van der Waals surface area contributed by atoms with Crippen LogP contribution in [-0.4, -0.2) is 61.6 Å². The topological polar surface area (TPSA) is 70.7 Å². The second-order valence-electron chi connectivity index (χ2n) is 5.62. The Morgan fingerprint density at radius 1 is 1.24 bits per heavy atom. The number of ether oxygens (including phenoxy) is 1. The van der Waals surface area contributed by atoms with E-state index in [1.807, 2.05) is 18.7 Å². The Balaban J connectivity index is 2.18. The van der Waals surface area contributed by atoms with Crippen LogP contribution in [0.15, 0.2) is 0 Å². The van der Waals surface area contributed by atoms with Crippen LogP contribution >= 0.6 is 0 Å². The number of nitrogens with one attached hydrogen (secondary N) is 2. The number of morpholine rings is 1. The molecule has 2 amide bonds. The van der Waals surface area contributed by atoms with E-state index in [0.717, 1.165) is 12.8 Å². The van der Waals surface area contributed by atoms with Crippen molar-refractivity contribution in [3.8, 4) is 0 Å². The third-order valence-electron chi connectivity index (χ3n) is 3.66. The van der Waals surface area contributed by atoms with Crippen molar-refractivity contribution in [1.29, 1.82) is 0 Å². The zero-order valence-electron chi connectivity index (χ0n) is 13.5. The summed E-state index contributed by atoms with van der Waals surface area (Å²) in [7, 11) is 0. The lowest BCUT2D eigenvalue weighted by Gasteiger charge is -2.27. The first kappa shape index (κ1) is 17.9. The number of carbonyl (C=O) groups excluding carboxylic acids is 2. The molecule has 0 radical (unpaired) electrons. The summed E-state index contributed by atoms with van der Waals surface area (Å²) in [6.45, 7) is 9.03. The monoisotopic (exact) mass is 299 g/mol. The van der Waals surface area contributed by atoms with Gasteiger partial charge in [0.1, 0.15) is 0 Å². The number of carbonyl (C=O) groups is 2. The lowest BCUT2D eigenvalue weighted by Crippen LogP contribution is -2.47. The van der Waals surface area contributed by atoms with Gasteiger partial charge in [0.15, 0.2) is 0 Å². The number of rotatable bonds is 8. The van der Waals surface area contributed by atoms with Crippen LogP contribution in [0, 0.1) is 0 Å². The highest BCUT2D eigenvalue weighted by Gasteiger charge is 2.18. The van der Waals surface area contributed by atoms with Crippen molar-refractivity contribution in [1.82, 2.24) is 15.5 Å². The highest BCUT2D eigenvalue weighted by Crippen LogP contribution is 2.00. The molecule has 0 spiro atoms. The SMILES string of the molecule is CCCC(C)NC(=O)C(C)NCCC(=O)N1CCOCC1. The first-order valence-electron chi connectivity index (χ1n) is 7.93. The Bertz CT molecular complexity index is 330. The molecule has 0 aromatic rings. The zero-order chi connectivity index (χ0) is 15.7. The van der Waals surface area contributed by atoms with Crippen LogP contribution < -0.4 is 10.6 Å². The predicted molar refractivity (Wildman–Crippen MR) is 82.0 cm³/mol. The predicted octanol–water partition coefficient (Wildman–Crippen LogP) is 0.518. The Kier molecular flexibility index (Phi) is 8.30. The quantitative estimate of drug-likeness (QED) is 0.685. The van der Waals surface area contributed by atoms with Crippen LogP contribution in [0.5, 0.6) is 0 Å². The third kappa shape index (κ3) is 6.91. The fourth-order valence-corrected chi connectivity index (χ4v) is 2.33. The lowest BCUT2D eigenvalue weighted by molar-refractivity contribution is -0.135. The van der Waals surface area contributed by atoms with Gasteiger partial charge in [0.2, 0.25) is 11.8 Å². The summed E-state index contributed by atoms with van der Waals surface area (Å²) in [5.41, 5.74) is 0. The molecular formula is C15H29N3O3. The zero-order valence-corrected chi connectivity index (χ0v) is 13.5. The van der Waals surface area contributed by atoms with E-state index in [0.29, 0.717) is 39.3 Å². The van der Waals surface area contributed by atoms with Gasteiger partial charge in [-0.3, -0.25) is 9.59 Å².